The maximum Gasteiger partial charge on any atom is 0.407 e. The first-order valence-corrected chi connectivity index (χ1v) is 21.5. The van der Waals surface area contributed by atoms with E-state index in [0.717, 1.165) is 6.42 Å². The number of methoxy groups -OCH3 is 1. The predicted octanol–water partition coefficient (Wildman–Crippen LogP) is 5.38. The molecule has 1 aromatic heterocycles. The van der Waals surface area contributed by atoms with Gasteiger partial charge in [0.05, 0.1) is 30.5 Å². The fourth-order valence-corrected chi connectivity index (χ4v) is 9.59. The Hall–Kier alpha value is -4.54. The van der Waals surface area contributed by atoms with Crippen LogP contribution in [0.3, 0.4) is 0 Å². The molecule has 0 radical (unpaired) electrons. The summed E-state index contributed by atoms with van der Waals surface area (Å²) < 4.78 is 74.5. The van der Waals surface area contributed by atoms with Gasteiger partial charge in [0.2, 0.25) is 21.8 Å². The summed E-state index contributed by atoms with van der Waals surface area (Å²) >= 11 is 0. The molecule has 0 unspecified atom stereocenters. The fourth-order valence-electron chi connectivity index (χ4n) is 8.28. The highest BCUT2D eigenvalue weighted by Gasteiger charge is 2.64. The predicted molar refractivity (Wildman–Crippen MR) is 209 cm³/mol. The van der Waals surface area contributed by atoms with Crippen molar-refractivity contribution in [2.24, 2.45) is 11.3 Å². The van der Waals surface area contributed by atoms with Crippen LogP contribution in [0, 0.1) is 11.3 Å². The summed E-state index contributed by atoms with van der Waals surface area (Å²) in [5.41, 5.74) is -3.04. The number of carbonyl (C=O) groups excluding carboxylic acids is 4. The number of nitrogens with one attached hydrogen (secondary N) is 3. The lowest BCUT2D eigenvalue weighted by molar-refractivity contribution is -0.141. The lowest BCUT2D eigenvalue weighted by atomic mass is 9.87. The molecule has 1 saturated heterocycles. The van der Waals surface area contributed by atoms with Crippen molar-refractivity contribution in [2.75, 3.05) is 20.3 Å². The van der Waals surface area contributed by atoms with Crippen LogP contribution in [0.5, 0.6) is 11.5 Å². The molecule has 3 fully saturated rings. The van der Waals surface area contributed by atoms with Gasteiger partial charge in [0.1, 0.15) is 34.7 Å². The number of pyridine rings is 1. The van der Waals surface area contributed by atoms with Crippen LogP contribution in [0.25, 0.3) is 10.9 Å². The van der Waals surface area contributed by atoms with E-state index in [1.807, 2.05) is 32.9 Å². The quantitative estimate of drug-likeness (QED) is 0.307. The average molecular weight is 830 g/mol. The van der Waals surface area contributed by atoms with Gasteiger partial charge in [0, 0.05) is 23.3 Å². The van der Waals surface area contributed by atoms with Gasteiger partial charge in [-0.1, -0.05) is 45.8 Å². The van der Waals surface area contributed by atoms with Crippen molar-refractivity contribution < 1.29 is 50.6 Å². The normalized spacial score (nSPS) is 28.8. The molecule has 17 heteroatoms. The molecule has 7 rings (SSSR count). The minimum Gasteiger partial charge on any atom is -0.497 e. The second kappa shape index (κ2) is 15.2. The third-order valence-corrected chi connectivity index (χ3v) is 14.3. The molecule has 5 atom stereocenters. The molecule has 3 aliphatic heterocycles. The summed E-state index contributed by atoms with van der Waals surface area (Å²) in [5, 5.41) is 6.14. The van der Waals surface area contributed by atoms with Gasteiger partial charge < -0.3 is 29.7 Å². The maximum absolute atomic E-state index is 14.8. The fraction of sp³-hybridized carbons (Fsp3) is 0.634. The molecular weight excluding hydrogens is 777 g/mol. The molecular formula is C41H53F2N5O9S. The molecule has 316 valence electrons. The monoisotopic (exact) mass is 829 g/mol. The topological polar surface area (TPSA) is 182 Å². The summed E-state index contributed by atoms with van der Waals surface area (Å²) in [6, 6.07) is 2.54. The first-order valence-electron chi connectivity index (χ1n) is 20.1. The van der Waals surface area contributed by atoms with Crippen molar-refractivity contribution in [3.63, 3.8) is 0 Å². The summed E-state index contributed by atoms with van der Waals surface area (Å²) in [5.74, 6) is -2.34. The third kappa shape index (κ3) is 8.19. The first-order chi connectivity index (χ1) is 27.3. The van der Waals surface area contributed by atoms with Gasteiger partial charge in [0.15, 0.2) is 5.75 Å². The number of allylic oxidation sites excluding steroid dienone is 1. The van der Waals surface area contributed by atoms with E-state index in [4.69, 9.17) is 14.2 Å². The molecule has 1 spiro atoms. The van der Waals surface area contributed by atoms with Gasteiger partial charge in [-0.3, -0.25) is 19.1 Å². The largest absolute Gasteiger partial charge is 0.497 e. The molecule has 14 nitrogen and oxygen atoms in total. The number of sulfonamides is 1. The highest BCUT2D eigenvalue weighted by molar-refractivity contribution is 7.91. The molecule has 4 heterocycles. The van der Waals surface area contributed by atoms with Gasteiger partial charge in [-0.05, 0) is 81.9 Å². The number of benzene rings is 1. The molecule has 2 aliphatic carbocycles. The van der Waals surface area contributed by atoms with Crippen molar-refractivity contribution in [2.45, 2.75) is 133 Å². The molecule has 2 aromatic rings. The summed E-state index contributed by atoms with van der Waals surface area (Å²) in [6.07, 6.45) is 4.04. The Kier molecular flexibility index (Phi) is 10.9. The Labute approximate surface area is 337 Å². The smallest absolute Gasteiger partial charge is 0.407 e. The Bertz CT molecular complexity index is 2140. The minimum atomic E-state index is -4.06. The molecule has 3 N–H and O–H groups in total. The van der Waals surface area contributed by atoms with Crippen molar-refractivity contribution in [3.05, 3.63) is 41.6 Å². The molecule has 4 amide bonds. The third-order valence-electron chi connectivity index (χ3n) is 12.2. The lowest BCUT2D eigenvalue weighted by Crippen LogP contribution is -2.58. The number of fused-ring (bicyclic) bond motifs is 5. The Morgan fingerprint density at radius 2 is 1.88 bits per heavy atom. The van der Waals surface area contributed by atoms with E-state index in [-0.39, 0.29) is 56.4 Å². The van der Waals surface area contributed by atoms with Crippen LogP contribution in [-0.4, -0.2) is 90.3 Å². The van der Waals surface area contributed by atoms with Crippen molar-refractivity contribution in [3.8, 4) is 11.5 Å². The van der Waals surface area contributed by atoms with Crippen molar-refractivity contribution >= 4 is 44.7 Å². The second-order valence-electron chi connectivity index (χ2n) is 18.0. The van der Waals surface area contributed by atoms with E-state index < -0.39 is 79.8 Å². The number of carbonyl (C=O) groups is 4. The van der Waals surface area contributed by atoms with Crippen molar-refractivity contribution in [1.29, 1.82) is 0 Å². The molecule has 5 aliphatic rings. The van der Waals surface area contributed by atoms with Gasteiger partial charge in [0.25, 0.3) is 12.3 Å². The number of hydrogen-bond acceptors (Lipinski definition) is 10. The van der Waals surface area contributed by atoms with Crippen LogP contribution in [0.1, 0.15) is 110 Å². The Morgan fingerprint density at radius 1 is 1.12 bits per heavy atom. The number of rotatable bonds is 7. The number of alkyl carbamates (subject to hydrolysis) is 1. The van der Waals surface area contributed by atoms with Crippen LogP contribution < -0.4 is 24.8 Å². The van der Waals surface area contributed by atoms with E-state index in [2.05, 4.69) is 20.3 Å². The van der Waals surface area contributed by atoms with Crippen LogP contribution in [0.15, 0.2) is 30.4 Å². The van der Waals surface area contributed by atoms with Gasteiger partial charge in [-0.2, -0.15) is 0 Å². The Balaban J connectivity index is 1.25. The van der Waals surface area contributed by atoms with Crippen LogP contribution in [0.4, 0.5) is 13.6 Å². The second-order valence-corrected chi connectivity index (χ2v) is 20.2. The van der Waals surface area contributed by atoms with E-state index in [1.54, 1.807) is 25.1 Å². The van der Waals surface area contributed by atoms with Crippen LogP contribution in [0.2, 0.25) is 0 Å². The lowest BCUT2D eigenvalue weighted by Gasteiger charge is -2.37. The zero-order valence-electron chi connectivity index (χ0n) is 33.6. The number of ether oxygens (including phenoxy) is 3. The highest BCUT2D eigenvalue weighted by atomic mass is 32.2. The first kappa shape index (κ1) is 41.6. The maximum atomic E-state index is 14.8. The minimum absolute atomic E-state index is 0.0818. The van der Waals surface area contributed by atoms with Gasteiger partial charge in [-0.15, -0.1) is 0 Å². The molecule has 2 saturated carbocycles. The highest BCUT2D eigenvalue weighted by Crippen LogP contribution is 2.50. The summed E-state index contributed by atoms with van der Waals surface area (Å²) in [6.45, 7) is 7.12. The zero-order valence-corrected chi connectivity index (χ0v) is 34.4. The van der Waals surface area contributed by atoms with Gasteiger partial charge >= 0.3 is 6.09 Å². The number of halogens is 2. The summed E-state index contributed by atoms with van der Waals surface area (Å²) in [7, 11) is -2.56. The number of aryl methyl sites for hydroxylation is 1. The number of amides is 4. The molecule has 0 bridgehead atoms. The van der Waals surface area contributed by atoms with Gasteiger partial charge in [-0.25, -0.2) is 27.0 Å². The van der Waals surface area contributed by atoms with Crippen LogP contribution >= 0.6 is 0 Å². The van der Waals surface area contributed by atoms with E-state index in [9.17, 15) is 36.4 Å². The zero-order chi connectivity index (χ0) is 41.8. The Morgan fingerprint density at radius 3 is 2.57 bits per heavy atom. The number of alkyl halides is 2. The number of nitrogens with zero attached hydrogens (tertiary/aromatic N) is 2. The van der Waals surface area contributed by atoms with E-state index in [1.165, 1.54) is 12.0 Å². The van der Waals surface area contributed by atoms with Crippen LogP contribution in [-0.2, 0) is 35.6 Å². The van der Waals surface area contributed by atoms with E-state index in [0.29, 0.717) is 54.3 Å². The average Bonchev–Trinajstić information content (AvgIpc) is 4.06. The number of aromatic nitrogens is 1. The molecule has 1 aromatic carbocycles. The SMILES string of the molecule is COc1ccc2nc(C(F)F)c3c(c2c1)CC[C@]1(C[C@H]2C(=O)N[C@]4(C(=O)NS(=O)(=O)C5(C)CC5)C[C@H]4/C=C\CCCCC[C@H](NC(=O)OCC(C)(C)C)C(=O)N2C1)O3. The van der Waals surface area contributed by atoms with E-state index >= 15 is 0 Å². The summed E-state index contributed by atoms with van der Waals surface area (Å²) in [4.78, 5) is 62.0. The molecule has 58 heavy (non-hydrogen) atoms. The standard InChI is InChI=1S/C41H53F2N5O9S/c1-38(2,3)23-56-37(52)45-29-12-10-8-6-7-9-11-24-20-41(24,36(51)47-58(53,54)39(4)17-18-39)46-34(49)30-21-40(22-48(30)35(29)50)16-15-26-27-19-25(55-5)13-14-28(27)44-31(33(42)43)32(26)57-40/h9,11,13-14,19,24,29-30,33H,6-8,10,12,15-18,20-23H2,1-5H3,(H,45,52)(H,46,49)(H,47,51)/b11-9-/t24-,29+,30+,40-,41-/m1/s1. The number of hydrogen-bond donors (Lipinski definition) is 3. The van der Waals surface area contributed by atoms with Crippen molar-refractivity contribution in [1.82, 2.24) is 25.2 Å².